The molecule has 0 N–H and O–H groups in total. The van der Waals surface area contributed by atoms with Gasteiger partial charge in [0, 0.05) is 12.3 Å². The van der Waals surface area contributed by atoms with Crippen molar-refractivity contribution in [2.45, 2.75) is 19.8 Å². The van der Waals surface area contributed by atoms with Crippen LogP contribution in [-0.2, 0) is 0 Å². The third-order valence-corrected chi connectivity index (χ3v) is 2.29. The lowest BCUT2D eigenvalue weighted by molar-refractivity contribution is 0.0978. The second-order valence-corrected chi connectivity index (χ2v) is 3.52. The standard InChI is InChI=1S/C12H15ClO2/c1-2-15-12-8-4-3-6-10(12)11(14)7-5-9-13/h3-4,6,8H,2,5,7,9H2,1H3. The van der Waals surface area contributed by atoms with Gasteiger partial charge in [-0.1, -0.05) is 12.1 Å². The molecule has 0 aliphatic rings. The molecule has 0 aliphatic carbocycles. The maximum absolute atomic E-state index is 11.8. The number of ether oxygens (including phenoxy) is 1. The van der Waals surface area contributed by atoms with Gasteiger partial charge in [-0.25, -0.2) is 0 Å². The van der Waals surface area contributed by atoms with Gasteiger partial charge in [0.25, 0.3) is 0 Å². The average Bonchev–Trinajstić information content (AvgIpc) is 2.27. The van der Waals surface area contributed by atoms with Crippen molar-refractivity contribution in [1.82, 2.24) is 0 Å². The van der Waals surface area contributed by atoms with Crippen LogP contribution in [0.4, 0.5) is 0 Å². The van der Waals surface area contributed by atoms with Crippen molar-refractivity contribution in [1.29, 1.82) is 0 Å². The maximum atomic E-state index is 11.8. The number of rotatable bonds is 6. The number of ketones is 1. The molecule has 0 spiro atoms. The van der Waals surface area contributed by atoms with Gasteiger partial charge < -0.3 is 4.74 Å². The lowest BCUT2D eigenvalue weighted by Crippen LogP contribution is -2.03. The molecule has 0 heterocycles. The number of carbonyl (C=O) groups excluding carboxylic acids is 1. The summed E-state index contributed by atoms with van der Waals surface area (Å²) in [5, 5.41) is 0. The highest BCUT2D eigenvalue weighted by atomic mass is 35.5. The number of carbonyl (C=O) groups is 1. The van der Waals surface area contributed by atoms with Crippen molar-refractivity contribution in [2.75, 3.05) is 12.5 Å². The predicted molar refractivity (Wildman–Crippen MR) is 61.9 cm³/mol. The highest BCUT2D eigenvalue weighted by Crippen LogP contribution is 2.20. The normalized spacial score (nSPS) is 10.0. The van der Waals surface area contributed by atoms with E-state index >= 15 is 0 Å². The predicted octanol–water partition coefficient (Wildman–Crippen LogP) is 3.29. The summed E-state index contributed by atoms with van der Waals surface area (Å²) in [6.45, 7) is 2.47. The molecular formula is C12H15ClO2. The first-order chi connectivity index (χ1) is 7.29. The van der Waals surface area contributed by atoms with Crippen molar-refractivity contribution in [3.05, 3.63) is 29.8 Å². The van der Waals surface area contributed by atoms with Crippen LogP contribution in [0.5, 0.6) is 5.75 Å². The number of hydrogen-bond acceptors (Lipinski definition) is 2. The van der Waals surface area contributed by atoms with Gasteiger partial charge in [-0.05, 0) is 25.5 Å². The number of alkyl halides is 1. The number of para-hydroxylation sites is 1. The van der Waals surface area contributed by atoms with Crippen molar-refractivity contribution in [2.24, 2.45) is 0 Å². The Hall–Kier alpha value is -1.02. The van der Waals surface area contributed by atoms with E-state index in [0.717, 1.165) is 0 Å². The molecule has 0 atom stereocenters. The van der Waals surface area contributed by atoms with Crippen LogP contribution in [0.15, 0.2) is 24.3 Å². The lowest BCUT2D eigenvalue weighted by Gasteiger charge is -2.08. The van der Waals surface area contributed by atoms with E-state index in [1.54, 1.807) is 6.07 Å². The van der Waals surface area contributed by atoms with Crippen LogP contribution >= 0.6 is 11.6 Å². The maximum Gasteiger partial charge on any atom is 0.166 e. The van der Waals surface area contributed by atoms with E-state index in [9.17, 15) is 4.79 Å². The molecule has 1 aromatic rings. The summed E-state index contributed by atoms with van der Waals surface area (Å²) >= 11 is 5.55. The van der Waals surface area contributed by atoms with Crippen LogP contribution in [0.2, 0.25) is 0 Å². The van der Waals surface area contributed by atoms with E-state index in [1.807, 2.05) is 25.1 Å². The van der Waals surface area contributed by atoms with Gasteiger partial charge >= 0.3 is 0 Å². The Morgan fingerprint density at radius 3 is 2.80 bits per heavy atom. The monoisotopic (exact) mass is 226 g/mol. The van der Waals surface area contributed by atoms with Crippen LogP contribution in [0.1, 0.15) is 30.1 Å². The smallest absolute Gasteiger partial charge is 0.166 e. The quantitative estimate of drug-likeness (QED) is 0.550. The lowest BCUT2D eigenvalue weighted by atomic mass is 10.1. The van der Waals surface area contributed by atoms with Crippen molar-refractivity contribution >= 4 is 17.4 Å². The van der Waals surface area contributed by atoms with Crippen LogP contribution in [0, 0.1) is 0 Å². The van der Waals surface area contributed by atoms with E-state index in [-0.39, 0.29) is 5.78 Å². The summed E-state index contributed by atoms with van der Waals surface area (Å²) in [6, 6.07) is 7.32. The van der Waals surface area contributed by atoms with Gasteiger partial charge in [0.1, 0.15) is 5.75 Å². The zero-order valence-corrected chi connectivity index (χ0v) is 9.59. The first kappa shape index (κ1) is 12.1. The Morgan fingerprint density at radius 1 is 1.40 bits per heavy atom. The highest BCUT2D eigenvalue weighted by molar-refractivity contribution is 6.18. The molecule has 0 saturated carbocycles. The largest absolute Gasteiger partial charge is 0.493 e. The molecule has 1 rings (SSSR count). The van der Waals surface area contributed by atoms with Gasteiger partial charge in [0.15, 0.2) is 5.78 Å². The fourth-order valence-electron chi connectivity index (χ4n) is 1.34. The molecule has 15 heavy (non-hydrogen) atoms. The number of hydrogen-bond donors (Lipinski definition) is 0. The zero-order valence-electron chi connectivity index (χ0n) is 8.83. The third kappa shape index (κ3) is 3.56. The molecule has 0 unspecified atom stereocenters. The van der Waals surface area contributed by atoms with Gasteiger partial charge in [-0.3, -0.25) is 4.79 Å². The molecule has 0 fully saturated rings. The Bertz CT molecular complexity index is 323. The molecular weight excluding hydrogens is 212 g/mol. The molecule has 3 heteroatoms. The average molecular weight is 227 g/mol. The minimum Gasteiger partial charge on any atom is -0.493 e. The summed E-state index contributed by atoms with van der Waals surface area (Å²) in [7, 11) is 0. The van der Waals surface area contributed by atoms with Crippen LogP contribution in [0.25, 0.3) is 0 Å². The summed E-state index contributed by atoms with van der Waals surface area (Å²) in [4.78, 5) is 11.8. The first-order valence-electron chi connectivity index (χ1n) is 5.10. The van der Waals surface area contributed by atoms with Crippen molar-refractivity contribution in [3.63, 3.8) is 0 Å². The van der Waals surface area contributed by atoms with Gasteiger partial charge in [-0.2, -0.15) is 0 Å². The topological polar surface area (TPSA) is 26.3 Å². The molecule has 82 valence electrons. The van der Waals surface area contributed by atoms with Gasteiger partial charge in [-0.15, -0.1) is 11.6 Å². The Morgan fingerprint density at radius 2 is 2.13 bits per heavy atom. The molecule has 0 aromatic heterocycles. The summed E-state index contributed by atoms with van der Waals surface area (Å²) in [5.74, 6) is 1.28. The molecule has 0 radical (unpaired) electrons. The summed E-state index contributed by atoms with van der Waals surface area (Å²) in [5.41, 5.74) is 0.657. The van der Waals surface area contributed by atoms with Crippen molar-refractivity contribution in [3.8, 4) is 5.75 Å². The molecule has 1 aromatic carbocycles. The van der Waals surface area contributed by atoms with Crippen LogP contribution < -0.4 is 4.74 Å². The van der Waals surface area contributed by atoms with E-state index < -0.39 is 0 Å². The summed E-state index contributed by atoms with van der Waals surface area (Å²) < 4.78 is 5.38. The van der Waals surface area contributed by atoms with Crippen LogP contribution in [0.3, 0.4) is 0 Å². The number of Topliss-reactive ketones (excluding diaryl/α,β-unsaturated/α-hetero) is 1. The number of halogens is 1. The van der Waals surface area contributed by atoms with Gasteiger partial charge in [0.2, 0.25) is 0 Å². The fourth-order valence-corrected chi connectivity index (χ4v) is 1.47. The molecule has 2 nitrogen and oxygen atoms in total. The second-order valence-electron chi connectivity index (χ2n) is 3.14. The minimum absolute atomic E-state index is 0.0969. The Kier molecular flexibility index (Phi) is 5.19. The van der Waals surface area contributed by atoms with E-state index in [2.05, 4.69) is 0 Å². The third-order valence-electron chi connectivity index (χ3n) is 2.02. The molecule has 0 bridgehead atoms. The molecule has 0 saturated heterocycles. The Labute approximate surface area is 95.2 Å². The van der Waals surface area contributed by atoms with E-state index in [4.69, 9.17) is 16.3 Å². The van der Waals surface area contributed by atoms with E-state index in [0.29, 0.717) is 36.6 Å². The molecule has 0 aliphatic heterocycles. The first-order valence-corrected chi connectivity index (χ1v) is 5.64. The summed E-state index contributed by atoms with van der Waals surface area (Å²) in [6.07, 6.45) is 1.19. The minimum atomic E-state index is 0.0969. The molecule has 0 amide bonds. The SMILES string of the molecule is CCOc1ccccc1C(=O)CCCCl. The van der Waals surface area contributed by atoms with Gasteiger partial charge in [0.05, 0.1) is 12.2 Å². The second kappa shape index (κ2) is 6.46. The van der Waals surface area contributed by atoms with E-state index in [1.165, 1.54) is 0 Å². The Balaban J connectivity index is 2.77. The van der Waals surface area contributed by atoms with Crippen molar-refractivity contribution < 1.29 is 9.53 Å². The fraction of sp³-hybridized carbons (Fsp3) is 0.417. The number of benzene rings is 1. The highest BCUT2D eigenvalue weighted by Gasteiger charge is 2.10. The van der Waals surface area contributed by atoms with Crippen LogP contribution in [-0.4, -0.2) is 18.3 Å². The zero-order chi connectivity index (χ0) is 11.1.